The van der Waals surface area contributed by atoms with E-state index in [0.717, 1.165) is 12.2 Å². The van der Waals surface area contributed by atoms with Gasteiger partial charge in [-0.05, 0) is 35.0 Å². The second-order valence-electron chi connectivity index (χ2n) is 3.93. The number of hydrogen-bond donors (Lipinski definition) is 3. The SMILES string of the molecule is CCn1cc(Nc2cc(C(=O)O)c(N)cc2Br)cn1. The maximum absolute atomic E-state index is 11.0. The molecule has 19 heavy (non-hydrogen) atoms. The highest BCUT2D eigenvalue weighted by Gasteiger charge is 2.12. The van der Waals surface area contributed by atoms with Gasteiger partial charge in [0.1, 0.15) is 0 Å². The van der Waals surface area contributed by atoms with Crippen molar-refractivity contribution in [1.82, 2.24) is 9.78 Å². The van der Waals surface area contributed by atoms with E-state index in [9.17, 15) is 4.79 Å². The standard InChI is InChI=1S/C12H13BrN4O2/c1-2-17-6-7(5-15-17)16-11-3-8(12(18)19)10(14)4-9(11)13/h3-6,16H,2,14H2,1H3,(H,18,19). The summed E-state index contributed by atoms with van der Waals surface area (Å²) < 4.78 is 2.46. The molecule has 0 spiro atoms. The number of carbonyl (C=O) groups is 1. The van der Waals surface area contributed by atoms with Gasteiger partial charge in [-0.1, -0.05) is 0 Å². The number of halogens is 1. The Labute approximate surface area is 118 Å². The van der Waals surface area contributed by atoms with E-state index in [4.69, 9.17) is 10.8 Å². The van der Waals surface area contributed by atoms with Crippen molar-refractivity contribution >= 4 is 39.0 Å². The predicted octanol–water partition coefficient (Wildman–Crippen LogP) is 2.69. The van der Waals surface area contributed by atoms with E-state index in [-0.39, 0.29) is 11.3 Å². The number of nitrogens with one attached hydrogen (secondary N) is 1. The van der Waals surface area contributed by atoms with Gasteiger partial charge in [-0.15, -0.1) is 0 Å². The Hall–Kier alpha value is -2.02. The molecule has 0 fully saturated rings. The van der Waals surface area contributed by atoms with Crippen molar-refractivity contribution in [2.24, 2.45) is 0 Å². The molecule has 1 aromatic carbocycles. The van der Waals surface area contributed by atoms with Gasteiger partial charge in [0.15, 0.2) is 0 Å². The molecule has 0 radical (unpaired) electrons. The molecule has 0 aliphatic heterocycles. The fourth-order valence-corrected chi connectivity index (χ4v) is 2.09. The number of aromatic carboxylic acids is 1. The monoisotopic (exact) mass is 324 g/mol. The van der Waals surface area contributed by atoms with E-state index in [1.807, 2.05) is 13.1 Å². The molecular weight excluding hydrogens is 312 g/mol. The fraction of sp³-hybridized carbons (Fsp3) is 0.167. The highest BCUT2D eigenvalue weighted by molar-refractivity contribution is 9.10. The van der Waals surface area contributed by atoms with Crippen molar-refractivity contribution < 1.29 is 9.90 Å². The predicted molar refractivity (Wildman–Crippen MR) is 76.7 cm³/mol. The van der Waals surface area contributed by atoms with Crippen molar-refractivity contribution in [1.29, 1.82) is 0 Å². The minimum atomic E-state index is -1.06. The third kappa shape index (κ3) is 2.87. The Balaban J connectivity index is 2.34. The first-order chi connectivity index (χ1) is 9.01. The molecule has 100 valence electrons. The van der Waals surface area contributed by atoms with Gasteiger partial charge in [0.25, 0.3) is 0 Å². The number of anilines is 3. The highest BCUT2D eigenvalue weighted by atomic mass is 79.9. The summed E-state index contributed by atoms with van der Waals surface area (Å²) >= 11 is 3.35. The molecule has 0 atom stereocenters. The maximum Gasteiger partial charge on any atom is 0.337 e. The molecule has 1 heterocycles. The van der Waals surface area contributed by atoms with Crippen molar-refractivity contribution in [2.45, 2.75) is 13.5 Å². The number of aryl methyl sites for hydroxylation is 1. The lowest BCUT2D eigenvalue weighted by Crippen LogP contribution is -2.04. The molecule has 7 heteroatoms. The molecule has 0 unspecified atom stereocenters. The molecule has 0 saturated heterocycles. The normalized spacial score (nSPS) is 10.4. The molecular formula is C12H13BrN4O2. The summed E-state index contributed by atoms with van der Waals surface area (Å²) in [6, 6.07) is 3.06. The molecule has 2 aromatic rings. The van der Waals surface area contributed by atoms with Crippen LogP contribution in [0.1, 0.15) is 17.3 Å². The van der Waals surface area contributed by atoms with Crippen molar-refractivity contribution in [3.8, 4) is 0 Å². The van der Waals surface area contributed by atoms with E-state index in [1.54, 1.807) is 16.9 Å². The Bertz CT molecular complexity index is 624. The average molecular weight is 325 g/mol. The van der Waals surface area contributed by atoms with Crippen LogP contribution in [-0.2, 0) is 6.54 Å². The van der Waals surface area contributed by atoms with E-state index >= 15 is 0 Å². The van der Waals surface area contributed by atoms with Crippen LogP contribution in [0.4, 0.5) is 17.1 Å². The van der Waals surface area contributed by atoms with Crippen LogP contribution >= 0.6 is 15.9 Å². The van der Waals surface area contributed by atoms with Crippen LogP contribution in [0.15, 0.2) is 29.0 Å². The maximum atomic E-state index is 11.0. The first-order valence-electron chi connectivity index (χ1n) is 5.63. The van der Waals surface area contributed by atoms with Crippen LogP contribution in [0.25, 0.3) is 0 Å². The van der Waals surface area contributed by atoms with Gasteiger partial charge in [0, 0.05) is 22.9 Å². The summed E-state index contributed by atoms with van der Waals surface area (Å²) in [5.41, 5.74) is 7.34. The van der Waals surface area contributed by atoms with Crippen LogP contribution in [-0.4, -0.2) is 20.9 Å². The minimum Gasteiger partial charge on any atom is -0.478 e. The molecule has 0 amide bonds. The number of rotatable bonds is 4. The summed E-state index contributed by atoms with van der Waals surface area (Å²) in [6.07, 6.45) is 3.51. The lowest BCUT2D eigenvalue weighted by molar-refractivity contribution is 0.0698. The highest BCUT2D eigenvalue weighted by Crippen LogP contribution is 2.30. The second-order valence-corrected chi connectivity index (χ2v) is 4.79. The third-order valence-electron chi connectivity index (χ3n) is 2.61. The minimum absolute atomic E-state index is 0.0635. The van der Waals surface area contributed by atoms with Gasteiger partial charge < -0.3 is 16.2 Å². The summed E-state index contributed by atoms with van der Waals surface area (Å²) in [5.74, 6) is -1.06. The first-order valence-corrected chi connectivity index (χ1v) is 6.42. The molecule has 4 N–H and O–H groups in total. The van der Waals surface area contributed by atoms with E-state index < -0.39 is 5.97 Å². The zero-order valence-electron chi connectivity index (χ0n) is 10.2. The Morgan fingerprint density at radius 3 is 2.89 bits per heavy atom. The Kier molecular flexibility index (Phi) is 3.75. The van der Waals surface area contributed by atoms with Crippen LogP contribution in [0, 0.1) is 0 Å². The molecule has 0 aliphatic carbocycles. The lowest BCUT2D eigenvalue weighted by atomic mass is 10.1. The smallest absolute Gasteiger partial charge is 0.337 e. The van der Waals surface area contributed by atoms with E-state index in [2.05, 4.69) is 26.3 Å². The van der Waals surface area contributed by atoms with Crippen molar-refractivity contribution in [3.05, 3.63) is 34.6 Å². The Morgan fingerprint density at radius 1 is 1.58 bits per heavy atom. The largest absolute Gasteiger partial charge is 0.478 e. The third-order valence-corrected chi connectivity index (χ3v) is 3.26. The summed E-state index contributed by atoms with van der Waals surface area (Å²) in [5, 5.41) is 16.3. The molecule has 0 saturated carbocycles. The number of nitrogens with zero attached hydrogens (tertiary/aromatic N) is 2. The number of aromatic nitrogens is 2. The number of carboxylic acid groups (broad SMARTS) is 1. The van der Waals surface area contributed by atoms with Crippen LogP contribution in [0.2, 0.25) is 0 Å². The molecule has 0 bridgehead atoms. The quantitative estimate of drug-likeness (QED) is 0.752. The average Bonchev–Trinajstić information content (AvgIpc) is 2.80. The number of nitrogens with two attached hydrogens (primary N) is 1. The van der Waals surface area contributed by atoms with Crippen LogP contribution < -0.4 is 11.1 Å². The topological polar surface area (TPSA) is 93.2 Å². The number of nitrogen functional groups attached to an aromatic ring is 1. The van der Waals surface area contributed by atoms with E-state index in [1.165, 1.54) is 6.07 Å². The molecule has 0 aliphatic rings. The van der Waals surface area contributed by atoms with Crippen molar-refractivity contribution in [3.63, 3.8) is 0 Å². The summed E-state index contributed by atoms with van der Waals surface area (Å²) in [6.45, 7) is 2.75. The lowest BCUT2D eigenvalue weighted by Gasteiger charge is -2.09. The van der Waals surface area contributed by atoms with Crippen LogP contribution in [0.3, 0.4) is 0 Å². The van der Waals surface area contributed by atoms with Gasteiger partial charge in [0.2, 0.25) is 0 Å². The Morgan fingerprint density at radius 2 is 2.32 bits per heavy atom. The van der Waals surface area contributed by atoms with Gasteiger partial charge in [0.05, 0.1) is 23.1 Å². The van der Waals surface area contributed by atoms with Crippen molar-refractivity contribution in [2.75, 3.05) is 11.1 Å². The summed E-state index contributed by atoms with van der Waals surface area (Å²) in [7, 11) is 0. The molecule has 6 nitrogen and oxygen atoms in total. The zero-order valence-corrected chi connectivity index (χ0v) is 11.8. The number of hydrogen-bond acceptors (Lipinski definition) is 4. The first kappa shape index (κ1) is 13.4. The van der Waals surface area contributed by atoms with Gasteiger partial charge >= 0.3 is 5.97 Å². The van der Waals surface area contributed by atoms with Gasteiger partial charge in [-0.3, -0.25) is 4.68 Å². The van der Waals surface area contributed by atoms with Gasteiger partial charge in [-0.2, -0.15) is 5.10 Å². The van der Waals surface area contributed by atoms with E-state index in [0.29, 0.717) is 10.2 Å². The fourth-order valence-electron chi connectivity index (χ4n) is 1.63. The number of carboxylic acids is 1. The number of benzene rings is 1. The zero-order chi connectivity index (χ0) is 14.0. The molecule has 2 rings (SSSR count). The molecule has 1 aromatic heterocycles. The van der Waals surface area contributed by atoms with Gasteiger partial charge in [-0.25, -0.2) is 4.79 Å². The second kappa shape index (κ2) is 5.31. The summed E-state index contributed by atoms with van der Waals surface area (Å²) in [4.78, 5) is 11.0. The van der Waals surface area contributed by atoms with Crippen LogP contribution in [0.5, 0.6) is 0 Å².